The number of aryl methyl sites for hydroxylation is 2. The van der Waals surface area contributed by atoms with Crippen LogP contribution in [0.5, 0.6) is 5.75 Å². The van der Waals surface area contributed by atoms with Gasteiger partial charge in [0, 0.05) is 6.42 Å². The molecule has 1 N–H and O–H groups in total. The third kappa shape index (κ3) is 4.10. The van der Waals surface area contributed by atoms with Gasteiger partial charge in [0.2, 0.25) is 0 Å². The highest BCUT2D eigenvalue weighted by molar-refractivity contribution is 5.33. The highest BCUT2D eigenvalue weighted by atomic mass is 16.5. The molecule has 0 aromatic heterocycles. The summed E-state index contributed by atoms with van der Waals surface area (Å²) in [6.07, 6.45) is 0.970. The van der Waals surface area contributed by atoms with Gasteiger partial charge < -0.3 is 9.84 Å². The van der Waals surface area contributed by atoms with Gasteiger partial charge in [-0.15, -0.1) is 0 Å². The molecule has 1 atom stereocenters. The lowest BCUT2D eigenvalue weighted by molar-refractivity contribution is 0.139. The van der Waals surface area contributed by atoms with Crippen molar-refractivity contribution in [2.75, 3.05) is 6.61 Å². The Morgan fingerprint density at radius 2 is 1.60 bits per heavy atom. The van der Waals surface area contributed by atoms with E-state index in [9.17, 15) is 5.11 Å². The van der Waals surface area contributed by atoms with Gasteiger partial charge in [0.05, 0.1) is 12.7 Å². The van der Waals surface area contributed by atoms with Crippen LogP contribution in [0.4, 0.5) is 0 Å². The highest BCUT2D eigenvalue weighted by Gasteiger charge is 2.10. The van der Waals surface area contributed by atoms with Gasteiger partial charge in [-0.1, -0.05) is 36.4 Å². The number of hydrogen-bond acceptors (Lipinski definition) is 2. The van der Waals surface area contributed by atoms with E-state index in [1.54, 1.807) is 0 Å². The fourth-order valence-corrected chi connectivity index (χ4v) is 2.34. The van der Waals surface area contributed by atoms with Crippen molar-refractivity contribution < 1.29 is 9.84 Å². The third-order valence-electron chi connectivity index (χ3n) is 3.55. The molecule has 0 aliphatic carbocycles. The maximum atomic E-state index is 10.1. The number of ether oxygens (including phenoxy) is 1. The van der Waals surface area contributed by atoms with Crippen molar-refractivity contribution in [2.45, 2.75) is 32.8 Å². The second-order valence-electron chi connectivity index (χ2n) is 5.18. The first kappa shape index (κ1) is 14.6. The van der Waals surface area contributed by atoms with Crippen LogP contribution < -0.4 is 4.74 Å². The molecule has 0 heterocycles. The molecule has 0 aliphatic heterocycles. The molecule has 2 rings (SSSR count). The van der Waals surface area contributed by atoms with Crippen LogP contribution in [0.25, 0.3) is 0 Å². The molecule has 1 unspecified atom stereocenters. The van der Waals surface area contributed by atoms with E-state index >= 15 is 0 Å². The lowest BCUT2D eigenvalue weighted by Gasteiger charge is -2.15. The summed E-state index contributed by atoms with van der Waals surface area (Å²) in [6, 6.07) is 16.0. The summed E-state index contributed by atoms with van der Waals surface area (Å²) in [5.41, 5.74) is 3.74. The van der Waals surface area contributed by atoms with Gasteiger partial charge in [0.25, 0.3) is 0 Å². The van der Waals surface area contributed by atoms with E-state index in [-0.39, 0.29) is 6.10 Å². The predicted octanol–water partition coefficient (Wildman–Crippen LogP) is 3.68. The van der Waals surface area contributed by atoms with Crippen molar-refractivity contribution in [2.24, 2.45) is 0 Å². The fourth-order valence-electron chi connectivity index (χ4n) is 2.34. The zero-order chi connectivity index (χ0) is 14.4. The van der Waals surface area contributed by atoms with Crippen LogP contribution in [0.15, 0.2) is 48.5 Å². The third-order valence-corrected chi connectivity index (χ3v) is 3.55. The number of hydrogen-bond donors (Lipinski definition) is 1. The van der Waals surface area contributed by atoms with Crippen LogP contribution in [0.1, 0.15) is 23.1 Å². The van der Waals surface area contributed by atoms with Gasteiger partial charge in [-0.3, -0.25) is 0 Å². The molecule has 0 radical (unpaired) electrons. The van der Waals surface area contributed by atoms with Gasteiger partial charge in [0.1, 0.15) is 5.75 Å². The first-order valence-corrected chi connectivity index (χ1v) is 7.08. The quantitative estimate of drug-likeness (QED) is 0.867. The topological polar surface area (TPSA) is 29.5 Å². The van der Waals surface area contributed by atoms with E-state index in [2.05, 4.69) is 32.0 Å². The summed E-state index contributed by atoms with van der Waals surface area (Å²) in [7, 11) is 0. The number of para-hydroxylation sites is 1. The van der Waals surface area contributed by atoms with E-state index in [4.69, 9.17) is 4.74 Å². The summed E-state index contributed by atoms with van der Waals surface area (Å²) in [5.74, 6) is 0.853. The van der Waals surface area contributed by atoms with Crippen LogP contribution in [0.2, 0.25) is 0 Å². The zero-order valence-electron chi connectivity index (χ0n) is 12.2. The Morgan fingerprint density at radius 1 is 0.950 bits per heavy atom. The SMILES string of the molecule is Cc1cccc(C)c1CC(O)CCOc1ccccc1. The van der Waals surface area contributed by atoms with Crippen LogP contribution in [-0.4, -0.2) is 17.8 Å². The average molecular weight is 270 g/mol. The fraction of sp³-hybridized carbons (Fsp3) is 0.333. The van der Waals surface area contributed by atoms with Crippen LogP contribution in [-0.2, 0) is 6.42 Å². The van der Waals surface area contributed by atoms with E-state index in [0.717, 1.165) is 5.75 Å². The van der Waals surface area contributed by atoms with Gasteiger partial charge in [0.15, 0.2) is 0 Å². The highest BCUT2D eigenvalue weighted by Crippen LogP contribution is 2.17. The van der Waals surface area contributed by atoms with Gasteiger partial charge in [-0.25, -0.2) is 0 Å². The minimum Gasteiger partial charge on any atom is -0.493 e. The van der Waals surface area contributed by atoms with Crippen LogP contribution in [0, 0.1) is 13.8 Å². The Bertz CT molecular complexity index is 514. The molecule has 0 saturated heterocycles. The second-order valence-corrected chi connectivity index (χ2v) is 5.18. The Labute approximate surface area is 121 Å². The smallest absolute Gasteiger partial charge is 0.119 e. The Balaban J connectivity index is 1.82. The largest absolute Gasteiger partial charge is 0.493 e. The summed E-state index contributed by atoms with van der Waals surface area (Å²) >= 11 is 0. The van der Waals surface area contributed by atoms with E-state index in [1.165, 1.54) is 16.7 Å². The Kier molecular flexibility index (Phi) is 5.19. The summed E-state index contributed by atoms with van der Waals surface area (Å²) in [4.78, 5) is 0. The lowest BCUT2D eigenvalue weighted by atomic mass is 9.96. The maximum Gasteiger partial charge on any atom is 0.119 e. The van der Waals surface area contributed by atoms with E-state index < -0.39 is 0 Å². The van der Waals surface area contributed by atoms with Gasteiger partial charge in [-0.2, -0.15) is 0 Å². The first-order chi connectivity index (χ1) is 9.66. The minimum absolute atomic E-state index is 0.362. The van der Waals surface area contributed by atoms with Crippen molar-refractivity contribution in [3.63, 3.8) is 0 Å². The minimum atomic E-state index is -0.362. The lowest BCUT2D eigenvalue weighted by Crippen LogP contribution is -2.16. The number of benzene rings is 2. The molecule has 0 aliphatic rings. The molecule has 0 spiro atoms. The van der Waals surface area contributed by atoms with Crippen molar-refractivity contribution in [3.05, 3.63) is 65.2 Å². The molecule has 0 bridgehead atoms. The van der Waals surface area contributed by atoms with Crippen molar-refractivity contribution >= 4 is 0 Å². The van der Waals surface area contributed by atoms with E-state index in [0.29, 0.717) is 19.4 Å². The molecule has 2 nitrogen and oxygen atoms in total. The number of rotatable bonds is 6. The molecule has 0 amide bonds. The number of aliphatic hydroxyl groups is 1. The molecule has 2 aromatic carbocycles. The molecule has 2 heteroatoms. The summed E-state index contributed by atoms with van der Waals surface area (Å²) in [5, 5.41) is 10.1. The second kappa shape index (κ2) is 7.11. The molecule has 2 aromatic rings. The summed E-state index contributed by atoms with van der Waals surface area (Å²) in [6.45, 7) is 4.72. The van der Waals surface area contributed by atoms with Gasteiger partial charge in [-0.05, 0) is 49.1 Å². The molecule has 0 saturated carbocycles. The number of aliphatic hydroxyl groups excluding tert-OH is 1. The van der Waals surface area contributed by atoms with Crippen molar-refractivity contribution in [3.8, 4) is 5.75 Å². The zero-order valence-corrected chi connectivity index (χ0v) is 12.2. The normalized spacial score (nSPS) is 12.2. The Hall–Kier alpha value is -1.80. The monoisotopic (exact) mass is 270 g/mol. The predicted molar refractivity (Wildman–Crippen MR) is 82.2 cm³/mol. The van der Waals surface area contributed by atoms with Crippen LogP contribution >= 0.6 is 0 Å². The molecule has 0 fully saturated rings. The van der Waals surface area contributed by atoms with Crippen molar-refractivity contribution in [1.29, 1.82) is 0 Å². The molecule has 106 valence electrons. The Morgan fingerprint density at radius 3 is 2.25 bits per heavy atom. The van der Waals surface area contributed by atoms with Crippen LogP contribution in [0.3, 0.4) is 0 Å². The molecular formula is C18H22O2. The first-order valence-electron chi connectivity index (χ1n) is 7.08. The van der Waals surface area contributed by atoms with Gasteiger partial charge >= 0.3 is 0 Å². The maximum absolute atomic E-state index is 10.1. The summed E-state index contributed by atoms with van der Waals surface area (Å²) < 4.78 is 5.61. The van der Waals surface area contributed by atoms with E-state index in [1.807, 2.05) is 30.3 Å². The standard InChI is InChI=1S/C18H22O2/c1-14-7-6-8-15(2)18(14)13-16(19)11-12-20-17-9-4-3-5-10-17/h3-10,16,19H,11-13H2,1-2H3. The van der Waals surface area contributed by atoms with Crippen molar-refractivity contribution in [1.82, 2.24) is 0 Å². The molecular weight excluding hydrogens is 248 g/mol. The molecule has 20 heavy (non-hydrogen) atoms. The average Bonchev–Trinajstić information content (AvgIpc) is 2.44.